The van der Waals surface area contributed by atoms with Crippen LogP contribution in [0.2, 0.25) is 0 Å². The van der Waals surface area contributed by atoms with Crippen molar-refractivity contribution >= 4 is 38.5 Å². The number of aromatic nitrogens is 1. The number of benzene rings is 2. The number of carbonyl (C=O) groups is 1. The number of carbonyl (C=O) groups excluding carboxylic acids is 1. The molecule has 2 saturated heterocycles. The molecule has 37 heavy (non-hydrogen) atoms. The van der Waals surface area contributed by atoms with Gasteiger partial charge < -0.3 is 9.74 Å². The third kappa shape index (κ3) is 5.73. The quantitative estimate of drug-likeness (QED) is 0.267. The molecule has 1 aromatic heterocycles. The van der Waals surface area contributed by atoms with Gasteiger partial charge in [-0.25, -0.2) is 0 Å². The summed E-state index contributed by atoms with van der Waals surface area (Å²) in [5.41, 5.74) is 3.90. The van der Waals surface area contributed by atoms with Crippen LogP contribution >= 0.6 is 15.9 Å². The van der Waals surface area contributed by atoms with Crippen molar-refractivity contribution in [1.29, 1.82) is 0 Å². The van der Waals surface area contributed by atoms with Gasteiger partial charge in [0.2, 0.25) is 0 Å². The van der Waals surface area contributed by atoms with Gasteiger partial charge in [0.25, 0.3) is 5.91 Å². The standard InChI is InChI=1S/C30H35BrN4O2/c1-3-37-33-28(23-8-10-26(31)11-9-23)24-12-17-35(18-13-24)30(2)14-19-34(20-15-30)29(36)25-7-6-22-5-4-16-32-27(22)21-25/h4-11,16,21,24H,3,12-15,17-20H2,1-2H3/b33-28-. The fraction of sp³-hybridized carbons (Fsp3) is 0.433. The maximum Gasteiger partial charge on any atom is 0.253 e. The zero-order valence-corrected chi connectivity index (χ0v) is 23.3. The number of pyridine rings is 1. The first-order valence-electron chi connectivity index (χ1n) is 13.3. The molecule has 5 rings (SSSR count). The van der Waals surface area contributed by atoms with Gasteiger partial charge in [0, 0.05) is 46.2 Å². The maximum absolute atomic E-state index is 13.2. The number of nitrogens with zero attached hydrogens (tertiary/aromatic N) is 4. The first-order chi connectivity index (χ1) is 18.0. The van der Waals surface area contributed by atoms with Gasteiger partial charge in [-0.15, -0.1) is 0 Å². The summed E-state index contributed by atoms with van der Waals surface area (Å²) in [5, 5.41) is 5.59. The van der Waals surface area contributed by atoms with Crippen molar-refractivity contribution in [2.75, 3.05) is 32.8 Å². The summed E-state index contributed by atoms with van der Waals surface area (Å²) in [5.74, 6) is 0.496. The smallest absolute Gasteiger partial charge is 0.253 e. The van der Waals surface area contributed by atoms with E-state index in [0.29, 0.717) is 12.5 Å². The molecule has 2 fully saturated rings. The molecular formula is C30H35BrN4O2. The van der Waals surface area contributed by atoms with Gasteiger partial charge in [-0.1, -0.05) is 45.4 Å². The van der Waals surface area contributed by atoms with Crippen molar-refractivity contribution in [1.82, 2.24) is 14.8 Å². The highest BCUT2D eigenvalue weighted by atomic mass is 79.9. The van der Waals surface area contributed by atoms with Gasteiger partial charge in [-0.3, -0.25) is 14.7 Å². The molecule has 3 aromatic rings. The Bertz CT molecular complexity index is 1260. The number of piperidine rings is 2. The minimum absolute atomic E-state index is 0.111. The number of rotatable bonds is 6. The number of halogens is 1. The van der Waals surface area contributed by atoms with Gasteiger partial charge in [0.15, 0.2) is 0 Å². The lowest BCUT2D eigenvalue weighted by Gasteiger charge is -2.49. The van der Waals surface area contributed by atoms with Crippen LogP contribution in [0.5, 0.6) is 0 Å². The SMILES string of the molecule is CCO/N=C(/c1ccc(Br)cc1)C1CCN(C2(C)CCN(C(=O)c3ccc4cccnc4c3)CC2)CC1. The third-order valence-corrected chi connectivity index (χ3v) is 8.59. The lowest BCUT2D eigenvalue weighted by atomic mass is 9.82. The Hall–Kier alpha value is -2.77. The van der Waals surface area contributed by atoms with Crippen LogP contribution in [0.3, 0.4) is 0 Å². The summed E-state index contributed by atoms with van der Waals surface area (Å²) in [7, 11) is 0. The van der Waals surface area contributed by atoms with Gasteiger partial charge in [-0.2, -0.15) is 0 Å². The van der Waals surface area contributed by atoms with E-state index in [1.165, 1.54) is 0 Å². The predicted molar refractivity (Wildman–Crippen MR) is 152 cm³/mol. The van der Waals surface area contributed by atoms with E-state index < -0.39 is 0 Å². The third-order valence-electron chi connectivity index (χ3n) is 8.06. The molecule has 0 bridgehead atoms. The summed E-state index contributed by atoms with van der Waals surface area (Å²) in [6.45, 7) is 8.55. The minimum atomic E-state index is 0.111. The first kappa shape index (κ1) is 25.9. The Morgan fingerprint density at radius 2 is 1.76 bits per heavy atom. The van der Waals surface area contributed by atoms with Crippen molar-refractivity contribution < 1.29 is 9.63 Å². The van der Waals surface area contributed by atoms with E-state index in [-0.39, 0.29) is 11.4 Å². The van der Waals surface area contributed by atoms with Crippen LogP contribution in [-0.2, 0) is 4.84 Å². The van der Waals surface area contributed by atoms with E-state index in [1.54, 1.807) is 6.20 Å². The molecule has 0 aliphatic carbocycles. The predicted octanol–water partition coefficient (Wildman–Crippen LogP) is 6.14. The number of hydrogen-bond acceptors (Lipinski definition) is 5. The molecule has 194 valence electrons. The van der Waals surface area contributed by atoms with Gasteiger partial charge in [0.1, 0.15) is 6.61 Å². The molecule has 0 atom stereocenters. The average molecular weight is 564 g/mol. The maximum atomic E-state index is 13.2. The van der Waals surface area contributed by atoms with E-state index in [4.69, 9.17) is 4.84 Å². The Morgan fingerprint density at radius 3 is 2.46 bits per heavy atom. The highest BCUT2D eigenvalue weighted by Gasteiger charge is 2.39. The molecule has 0 radical (unpaired) electrons. The Labute approximate surface area is 227 Å². The normalized spacial score (nSPS) is 19.2. The largest absolute Gasteiger partial charge is 0.396 e. The zero-order valence-electron chi connectivity index (χ0n) is 21.7. The van der Waals surface area contributed by atoms with Crippen LogP contribution in [0.1, 0.15) is 55.5 Å². The van der Waals surface area contributed by atoms with Crippen LogP contribution in [0, 0.1) is 5.92 Å². The molecule has 3 heterocycles. The van der Waals surface area contributed by atoms with E-state index in [2.05, 4.69) is 62.2 Å². The molecule has 2 aliphatic rings. The zero-order chi connectivity index (χ0) is 25.8. The van der Waals surface area contributed by atoms with Crippen LogP contribution in [0.25, 0.3) is 10.9 Å². The minimum Gasteiger partial charge on any atom is -0.396 e. The van der Waals surface area contributed by atoms with Crippen molar-refractivity contribution in [3.63, 3.8) is 0 Å². The van der Waals surface area contributed by atoms with E-state index in [0.717, 1.165) is 84.1 Å². The molecule has 7 heteroatoms. The van der Waals surface area contributed by atoms with Crippen molar-refractivity contribution in [2.45, 2.75) is 45.1 Å². The molecule has 0 N–H and O–H groups in total. The second kappa shape index (κ2) is 11.3. The van der Waals surface area contributed by atoms with Crippen LogP contribution in [-0.4, -0.2) is 64.7 Å². The fourth-order valence-corrected chi connectivity index (χ4v) is 5.96. The molecule has 0 spiro atoms. The molecule has 6 nitrogen and oxygen atoms in total. The highest BCUT2D eigenvalue weighted by molar-refractivity contribution is 9.10. The van der Waals surface area contributed by atoms with E-state index >= 15 is 0 Å². The lowest BCUT2D eigenvalue weighted by Crippen LogP contribution is -2.56. The van der Waals surface area contributed by atoms with Crippen molar-refractivity contribution in [3.8, 4) is 0 Å². The van der Waals surface area contributed by atoms with Crippen LogP contribution in [0.15, 0.2) is 70.4 Å². The summed E-state index contributed by atoms with van der Waals surface area (Å²) < 4.78 is 1.07. The molecular weight excluding hydrogens is 528 g/mol. The molecule has 2 aliphatic heterocycles. The summed E-state index contributed by atoms with van der Waals surface area (Å²) >= 11 is 3.53. The highest BCUT2D eigenvalue weighted by Crippen LogP contribution is 2.34. The molecule has 2 aromatic carbocycles. The summed E-state index contributed by atoms with van der Waals surface area (Å²) in [6.07, 6.45) is 5.87. The van der Waals surface area contributed by atoms with Gasteiger partial charge in [0.05, 0.1) is 11.2 Å². The first-order valence-corrected chi connectivity index (χ1v) is 14.1. The van der Waals surface area contributed by atoms with E-state index in [9.17, 15) is 4.79 Å². The van der Waals surface area contributed by atoms with Crippen LogP contribution < -0.4 is 0 Å². The number of amides is 1. The number of likely N-dealkylation sites (tertiary alicyclic amines) is 2. The van der Waals surface area contributed by atoms with Gasteiger partial charge >= 0.3 is 0 Å². The second-order valence-corrected chi connectivity index (χ2v) is 11.3. The lowest BCUT2D eigenvalue weighted by molar-refractivity contribution is 0.0161. The monoisotopic (exact) mass is 562 g/mol. The summed E-state index contributed by atoms with van der Waals surface area (Å²) in [4.78, 5) is 27.8. The molecule has 0 saturated carbocycles. The number of oxime groups is 1. The number of hydrogen-bond donors (Lipinski definition) is 0. The Balaban J connectivity index is 1.20. The summed E-state index contributed by atoms with van der Waals surface area (Å²) in [6, 6.07) is 18.2. The average Bonchev–Trinajstić information content (AvgIpc) is 2.94. The van der Waals surface area contributed by atoms with Crippen LogP contribution in [0.4, 0.5) is 0 Å². The molecule has 1 amide bonds. The van der Waals surface area contributed by atoms with Crippen molar-refractivity contribution in [3.05, 3.63) is 76.4 Å². The Kier molecular flexibility index (Phi) is 7.91. The topological polar surface area (TPSA) is 58.0 Å². The Morgan fingerprint density at radius 1 is 1.05 bits per heavy atom. The molecule has 0 unspecified atom stereocenters. The van der Waals surface area contributed by atoms with Gasteiger partial charge in [-0.05, 0) is 88.5 Å². The van der Waals surface area contributed by atoms with Crippen molar-refractivity contribution in [2.24, 2.45) is 11.1 Å². The van der Waals surface area contributed by atoms with E-state index in [1.807, 2.05) is 42.2 Å². The number of fused-ring (bicyclic) bond motifs is 1. The second-order valence-electron chi connectivity index (χ2n) is 10.4. The fourth-order valence-electron chi connectivity index (χ4n) is 5.70.